The van der Waals surface area contributed by atoms with Gasteiger partial charge in [-0.25, -0.2) is 0 Å². The fourth-order valence-corrected chi connectivity index (χ4v) is 1.83. The van der Waals surface area contributed by atoms with Crippen molar-refractivity contribution in [2.45, 2.75) is 39.2 Å². The van der Waals surface area contributed by atoms with E-state index in [0.29, 0.717) is 12.8 Å². The fraction of sp³-hybridized carbons (Fsp3) is 0.636. The van der Waals surface area contributed by atoms with Crippen LogP contribution >= 0.6 is 12.2 Å². The molecule has 0 spiro atoms. The predicted octanol–water partition coefficient (Wildman–Crippen LogP) is -0.390. The molecule has 1 rings (SSSR count). The summed E-state index contributed by atoms with van der Waals surface area (Å²) < 4.78 is 0. The number of rotatable bonds is 4. The minimum absolute atomic E-state index is 0.0924. The molecular weight excluding hydrogens is 254 g/mol. The van der Waals surface area contributed by atoms with Gasteiger partial charge in [0.15, 0.2) is 0 Å². The van der Waals surface area contributed by atoms with Crippen LogP contribution in [0.5, 0.6) is 0 Å². The number of carbonyl (C=O) groups is 3. The molecule has 0 radical (unpaired) electrons. The third-order valence-corrected chi connectivity index (χ3v) is 3.75. The summed E-state index contributed by atoms with van der Waals surface area (Å²) >= 11 is 4.88. The predicted molar refractivity (Wildman–Crippen MR) is 69.5 cm³/mol. The number of amides is 3. The first-order chi connectivity index (χ1) is 8.31. The molecule has 6 nitrogen and oxygen atoms in total. The second-order valence-corrected chi connectivity index (χ2v) is 4.97. The van der Waals surface area contributed by atoms with E-state index in [2.05, 4.69) is 10.6 Å². The highest BCUT2D eigenvalue weighted by Gasteiger charge is 2.37. The molecule has 3 amide bonds. The summed E-state index contributed by atoms with van der Waals surface area (Å²) in [6.07, 6.45) is 0.960. The fourth-order valence-electron chi connectivity index (χ4n) is 1.60. The summed E-state index contributed by atoms with van der Waals surface area (Å²) in [6.45, 7) is 3.43. The van der Waals surface area contributed by atoms with Crippen LogP contribution < -0.4 is 16.4 Å². The zero-order chi connectivity index (χ0) is 13.9. The quantitative estimate of drug-likeness (QED) is 0.477. The monoisotopic (exact) mass is 271 g/mol. The average Bonchev–Trinajstić information content (AvgIpc) is 2.31. The van der Waals surface area contributed by atoms with Gasteiger partial charge in [-0.1, -0.05) is 19.1 Å². The van der Waals surface area contributed by atoms with Crippen LogP contribution in [0.2, 0.25) is 0 Å². The van der Waals surface area contributed by atoms with E-state index in [-0.39, 0.29) is 23.2 Å². The van der Waals surface area contributed by atoms with Crippen LogP contribution in [0.4, 0.5) is 0 Å². The van der Waals surface area contributed by atoms with Gasteiger partial charge in [0, 0.05) is 6.42 Å². The Bertz CT molecular complexity index is 410. The van der Waals surface area contributed by atoms with E-state index < -0.39 is 17.4 Å². The van der Waals surface area contributed by atoms with Crippen LogP contribution in [-0.2, 0) is 14.4 Å². The molecule has 0 aliphatic carbocycles. The summed E-state index contributed by atoms with van der Waals surface area (Å²) in [5.74, 6) is -1.19. The van der Waals surface area contributed by atoms with Gasteiger partial charge in [-0.15, -0.1) is 0 Å². The number of carbonyl (C=O) groups excluding carboxylic acids is 3. The molecule has 0 aromatic rings. The van der Waals surface area contributed by atoms with Gasteiger partial charge >= 0.3 is 0 Å². The zero-order valence-electron chi connectivity index (χ0n) is 10.4. The van der Waals surface area contributed by atoms with Crippen molar-refractivity contribution >= 4 is 34.9 Å². The molecule has 1 fully saturated rings. The molecule has 0 saturated carbocycles. The Morgan fingerprint density at radius 2 is 2.22 bits per heavy atom. The van der Waals surface area contributed by atoms with Crippen molar-refractivity contribution in [2.24, 2.45) is 11.1 Å². The Hall–Kier alpha value is -1.50. The maximum Gasteiger partial charge on any atom is 0.249 e. The van der Waals surface area contributed by atoms with Crippen molar-refractivity contribution in [1.29, 1.82) is 0 Å². The first kappa shape index (κ1) is 14.6. The molecule has 1 saturated heterocycles. The highest BCUT2D eigenvalue weighted by molar-refractivity contribution is 7.80. The topological polar surface area (TPSA) is 101 Å². The number of imide groups is 1. The van der Waals surface area contributed by atoms with Crippen LogP contribution in [0.25, 0.3) is 0 Å². The second kappa shape index (κ2) is 5.43. The number of nitrogens with one attached hydrogen (secondary N) is 2. The Kier molecular flexibility index (Phi) is 4.39. The van der Waals surface area contributed by atoms with Crippen LogP contribution in [0.15, 0.2) is 0 Å². The molecule has 4 N–H and O–H groups in total. The highest BCUT2D eigenvalue weighted by atomic mass is 32.1. The Morgan fingerprint density at radius 3 is 2.67 bits per heavy atom. The summed E-state index contributed by atoms with van der Waals surface area (Å²) in [5.41, 5.74) is 4.59. The molecule has 0 bridgehead atoms. The van der Waals surface area contributed by atoms with Crippen molar-refractivity contribution < 1.29 is 14.4 Å². The normalized spacial score (nSPS) is 22.9. The number of hydrogen-bond donors (Lipinski definition) is 3. The molecular formula is C11H17N3O3S. The highest BCUT2D eigenvalue weighted by Crippen LogP contribution is 2.22. The Balaban J connectivity index is 2.73. The molecule has 100 valence electrons. The van der Waals surface area contributed by atoms with Gasteiger partial charge in [0.1, 0.15) is 6.04 Å². The van der Waals surface area contributed by atoms with E-state index in [4.69, 9.17) is 18.0 Å². The Labute approximate surface area is 111 Å². The first-order valence-corrected chi connectivity index (χ1v) is 6.16. The van der Waals surface area contributed by atoms with Gasteiger partial charge in [-0.05, 0) is 19.8 Å². The average molecular weight is 271 g/mol. The molecule has 1 aliphatic rings. The summed E-state index contributed by atoms with van der Waals surface area (Å²) in [5, 5.41) is 4.77. The van der Waals surface area contributed by atoms with Gasteiger partial charge in [-0.2, -0.15) is 0 Å². The van der Waals surface area contributed by atoms with Crippen LogP contribution in [0, 0.1) is 5.41 Å². The molecule has 18 heavy (non-hydrogen) atoms. The minimum atomic E-state index is -0.975. The number of piperidine rings is 1. The van der Waals surface area contributed by atoms with Crippen molar-refractivity contribution in [1.82, 2.24) is 10.6 Å². The number of hydrogen-bond acceptors (Lipinski definition) is 4. The maximum atomic E-state index is 12.1. The molecule has 0 aromatic heterocycles. The van der Waals surface area contributed by atoms with Crippen LogP contribution in [-0.4, -0.2) is 28.8 Å². The summed E-state index contributed by atoms with van der Waals surface area (Å²) in [7, 11) is 0. The van der Waals surface area contributed by atoms with Gasteiger partial charge in [0.05, 0.1) is 10.4 Å². The summed E-state index contributed by atoms with van der Waals surface area (Å²) in [4.78, 5) is 34.7. The lowest BCUT2D eigenvalue weighted by Crippen LogP contribution is -2.56. The van der Waals surface area contributed by atoms with Crippen molar-refractivity contribution in [3.8, 4) is 0 Å². The van der Waals surface area contributed by atoms with Crippen molar-refractivity contribution in [3.05, 3.63) is 0 Å². The van der Waals surface area contributed by atoms with Crippen LogP contribution in [0.1, 0.15) is 33.1 Å². The van der Waals surface area contributed by atoms with E-state index in [9.17, 15) is 14.4 Å². The van der Waals surface area contributed by atoms with Gasteiger partial charge < -0.3 is 11.1 Å². The maximum absolute atomic E-state index is 12.1. The lowest BCUT2D eigenvalue weighted by molar-refractivity contribution is -0.138. The van der Waals surface area contributed by atoms with Crippen molar-refractivity contribution in [3.63, 3.8) is 0 Å². The number of nitrogens with two attached hydrogens (primary N) is 1. The minimum Gasteiger partial charge on any atom is -0.392 e. The smallest absolute Gasteiger partial charge is 0.249 e. The molecule has 1 heterocycles. The van der Waals surface area contributed by atoms with Gasteiger partial charge in [0.25, 0.3) is 0 Å². The first-order valence-electron chi connectivity index (χ1n) is 5.75. The number of thiocarbonyl (C=S) groups is 1. The van der Waals surface area contributed by atoms with Crippen molar-refractivity contribution in [2.75, 3.05) is 0 Å². The van der Waals surface area contributed by atoms with Gasteiger partial charge in [0.2, 0.25) is 17.7 Å². The van der Waals surface area contributed by atoms with Crippen LogP contribution in [0.3, 0.4) is 0 Å². The lowest BCUT2D eigenvalue weighted by Gasteiger charge is -2.29. The molecule has 0 aromatic carbocycles. The van der Waals surface area contributed by atoms with E-state index in [1.165, 1.54) is 0 Å². The summed E-state index contributed by atoms with van der Waals surface area (Å²) in [6, 6.07) is -0.699. The SMILES string of the molecule is CCC(C)(C(=O)NC1CCC(=O)NC1=O)C(N)=S. The van der Waals surface area contributed by atoms with E-state index >= 15 is 0 Å². The largest absolute Gasteiger partial charge is 0.392 e. The molecule has 1 aliphatic heterocycles. The molecule has 7 heteroatoms. The molecule has 2 atom stereocenters. The second-order valence-electron chi connectivity index (χ2n) is 4.53. The van der Waals surface area contributed by atoms with E-state index in [1.807, 2.05) is 0 Å². The third-order valence-electron chi connectivity index (χ3n) is 3.30. The Morgan fingerprint density at radius 1 is 1.61 bits per heavy atom. The zero-order valence-corrected chi connectivity index (χ0v) is 11.2. The molecule has 2 unspecified atom stereocenters. The van der Waals surface area contributed by atoms with E-state index in [0.717, 1.165) is 0 Å². The lowest BCUT2D eigenvalue weighted by atomic mass is 9.86. The van der Waals surface area contributed by atoms with Gasteiger partial charge in [-0.3, -0.25) is 19.7 Å². The van der Waals surface area contributed by atoms with E-state index in [1.54, 1.807) is 13.8 Å². The standard InChI is InChI=1S/C11H17N3O3S/c1-3-11(2,9(12)18)10(17)13-6-4-5-7(15)14-8(6)16/h6H,3-5H2,1-2H3,(H2,12,18)(H,13,17)(H,14,15,16). The third kappa shape index (κ3) is 2.84.